The van der Waals surface area contributed by atoms with E-state index in [9.17, 15) is 4.79 Å². The minimum atomic E-state index is -0.0598. The first-order valence-electron chi connectivity index (χ1n) is 6.87. The van der Waals surface area contributed by atoms with Gasteiger partial charge in [-0.1, -0.05) is 24.3 Å². The zero-order valence-electron chi connectivity index (χ0n) is 11.1. The molecule has 0 amide bonds. The van der Waals surface area contributed by atoms with Crippen LogP contribution in [0.3, 0.4) is 0 Å². The maximum atomic E-state index is 12.2. The third kappa shape index (κ3) is 2.25. The molecule has 3 aromatic rings. The summed E-state index contributed by atoms with van der Waals surface area (Å²) < 4.78 is 0.715. The first-order valence-corrected chi connectivity index (χ1v) is 7.95. The van der Waals surface area contributed by atoms with Crippen molar-refractivity contribution < 1.29 is 0 Å². The third-order valence-electron chi connectivity index (χ3n) is 3.78. The second-order valence-corrected chi connectivity index (χ2v) is 6.37. The van der Waals surface area contributed by atoms with E-state index >= 15 is 0 Å². The van der Waals surface area contributed by atoms with Gasteiger partial charge in [-0.25, -0.2) is 4.98 Å². The van der Waals surface area contributed by atoms with Crippen molar-refractivity contribution in [2.75, 3.05) is 0 Å². The highest BCUT2D eigenvalue weighted by Crippen LogP contribution is 2.40. The van der Waals surface area contributed by atoms with Crippen LogP contribution in [0.25, 0.3) is 22.2 Å². The van der Waals surface area contributed by atoms with Crippen LogP contribution in [0.1, 0.15) is 24.5 Å². The fourth-order valence-corrected chi connectivity index (χ4v) is 3.23. The molecule has 4 rings (SSSR count). The van der Waals surface area contributed by atoms with E-state index in [-0.39, 0.29) is 5.56 Å². The number of aromatic nitrogens is 3. The van der Waals surface area contributed by atoms with Gasteiger partial charge in [0.25, 0.3) is 5.56 Å². The van der Waals surface area contributed by atoms with Gasteiger partial charge in [-0.2, -0.15) is 0 Å². The summed E-state index contributed by atoms with van der Waals surface area (Å²) in [5.74, 6) is 1.06. The van der Waals surface area contributed by atoms with Gasteiger partial charge < -0.3 is 4.98 Å². The lowest BCUT2D eigenvalue weighted by atomic mass is 10.1. The van der Waals surface area contributed by atoms with E-state index in [4.69, 9.17) is 4.98 Å². The number of nitrogens with one attached hydrogen (secondary N) is 1. The molecular weight excluding hydrogens is 377 g/mol. The van der Waals surface area contributed by atoms with Crippen LogP contribution in [-0.2, 0) is 0 Å². The van der Waals surface area contributed by atoms with Crippen molar-refractivity contribution in [1.29, 1.82) is 0 Å². The lowest BCUT2D eigenvalue weighted by molar-refractivity contribution is 0.958. The molecule has 0 bridgehead atoms. The molecule has 0 radical (unpaired) electrons. The molecule has 1 aliphatic rings. The lowest BCUT2D eigenvalue weighted by Gasteiger charge is -2.08. The molecule has 1 N–H and O–H groups in total. The third-order valence-corrected chi connectivity index (χ3v) is 4.82. The van der Waals surface area contributed by atoms with Crippen LogP contribution in [0.4, 0.5) is 0 Å². The van der Waals surface area contributed by atoms with Crippen molar-refractivity contribution in [3.8, 4) is 11.4 Å². The zero-order chi connectivity index (χ0) is 14.4. The number of hydrogen-bond acceptors (Lipinski definition) is 3. The summed E-state index contributed by atoms with van der Waals surface area (Å²) in [6.07, 6.45) is 5.84. The fraction of sp³-hybridized carbons (Fsp3) is 0.188. The van der Waals surface area contributed by atoms with E-state index < -0.39 is 0 Å². The number of nitrogens with zero attached hydrogens (tertiary/aromatic N) is 2. The number of rotatable bonds is 2. The van der Waals surface area contributed by atoms with Crippen molar-refractivity contribution in [3.05, 3.63) is 56.3 Å². The first kappa shape index (κ1) is 12.9. The molecule has 0 aliphatic heterocycles. The zero-order valence-corrected chi connectivity index (χ0v) is 13.3. The van der Waals surface area contributed by atoms with E-state index in [1.165, 1.54) is 0 Å². The highest BCUT2D eigenvalue weighted by Gasteiger charge is 2.29. The maximum absolute atomic E-state index is 12.2. The highest BCUT2D eigenvalue weighted by atomic mass is 127. The van der Waals surface area contributed by atoms with Crippen LogP contribution >= 0.6 is 22.6 Å². The van der Waals surface area contributed by atoms with Crippen LogP contribution in [-0.4, -0.2) is 15.0 Å². The van der Waals surface area contributed by atoms with Gasteiger partial charge in [-0.15, -0.1) is 0 Å². The number of aromatic amines is 1. The van der Waals surface area contributed by atoms with Crippen LogP contribution in [0.5, 0.6) is 0 Å². The summed E-state index contributed by atoms with van der Waals surface area (Å²) in [4.78, 5) is 24.1. The molecule has 4 nitrogen and oxygen atoms in total. The van der Waals surface area contributed by atoms with Gasteiger partial charge >= 0.3 is 0 Å². The standard InChI is InChI=1S/C16H12IN3O/c17-13-14(9-5-6-9)19-15(20-16(13)21)12-8-18-7-10-3-1-2-4-11(10)12/h1-4,7-9H,5-6H2,(H,19,20,21). The van der Waals surface area contributed by atoms with Crippen molar-refractivity contribution in [2.45, 2.75) is 18.8 Å². The van der Waals surface area contributed by atoms with Gasteiger partial charge in [-0.3, -0.25) is 9.78 Å². The fourth-order valence-electron chi connectivity index (χ4n) is 2.54. The van der Waals surface area contributed by atoms with Crippen LogP contribution < -0.4 is 5.56 Å². The summed E-state index contributed by atoms with van der Waals surface area (Å²) in [7, 11) is 0. The quantitative estimate of drug-likeness (QED) is 0.683. The second-order valence-electron chi connectivity index (χ2n) is 5.30. The van der Waals surface area contributed by atoms with E-state index in [2.05, 4.69) is 32.6 Å². The Morgan fingerprint density at radius 3 is 2.81 bits per heavy atom. The Hall–Kier alpha value is -1.76. The Balaban J connectivity index is 1.99. The molecule has 21 heavy (non-hydrogen) atoms. The molecule has 0 unspecified atom stereocenters. The highest BCUT2D eigenvalue weighted by molar-refractivity contribution is 14.1. The lowest BCUT2D eigenvalue weighted by Crippen LogP contribution is -2.16. The van der Waals surface area contributed by atoms with Crippen molar-refractivity contribution in [2.24, 2.45) is 0 Å². The first-order chi connectivity index (χ1) is 10.2. The number of benzene rings is 1. The van der Waals surface area contributed by atoms with Crippen LogP contribution in [0.15, 0.2) is 41.5 Å². The van der Waals surface area contributed by atoms with Gasteiger partial charge in [0, 0.05) is 29.3 Å². The van der Waals surface area contributed by atoms with Gasteiger partial charge in [0.05, 0.1) is 9.26 Å². The van der Waals surface area contributed by atoms with Gasteiger partial charge in [-0.05, 0) is 40.8 Å². The van der Waals surface area contributed by atoms with E-state index in [1.807, 2.05) is 30.5 Å². The summed E-state index contributed by atoms with van der Waals surface area (Å²) in [6, 6.07) is 8.01. The summed E-state index contributed by atoms with van der Waals surface area (Å²) >= 11 is 2.09. The molecule has 1 aromatic carbocycles. The predicted octanol–water partition coefficient (Wildman–Crippen LogP) is 3.47. The normalized spacial score (nSPS) is 14.5. The second kappa shape index (κ2) is 4.91. The van der Waals surface area contributed by atoms with E-state index in [0.717, 1.165) is 34.9 Å². The monoisotopic (exact) mass is 389 g/mol. The van der Waals surface area contributed by atoms with Crippen molar-refractivity contribution >= 4 is 33.4 Å². The average molecular weight is 389 g/mol. The van der Waals surface area contributed by atoms with Crippen LogP contribution in [0.2, 0.25) is 0 Å². The number of halogens is 1. The number of pyridine rings is 1. The van der Waals surface area contributed by atoms with Gasteiger partial charge in [0.15, 0.2) is 0 Å². The predicted molar refractivity (Wildman–Crippen MR) is 90.3 cm³/mol. The Morgan fingerprint density at radius 2 is 2.00 bits per heavy atom. The molecule has 1 fully saturated rings. The topological polar surface area (TPSA) is 58.6 Å². The smallest absolute Gasteiger partial charge is 0.264 e. The summed E-state index contributed by atoms with van der Waals surface area (Å²) in [6.45, 7) is 0. The Kier molecular flexibility index (Phi) is 3.02. The minimum absolute atomic E-state index is 0.0598. The molecule has 2 heterocycles. The van der Waals surface area contributed by atoms with Crippen molar-refractivity contribution in [1.82, 2.24) is 15.0 Å². The van der Waals surface area contributed by atoms with Crippen molar-refractivity contribution in [3.63, 3.8) is 0 Å². The number of fused-ring (bicyclic) bond motifs is 1. The van der Waals surface area contributed by atoms with Gasteiger partial charge in [0.1, 0.15) is 5.82 Å². The minimum Gasteiger partial charge on any atom is -0.306 e. The Bertz CT molecular complexity index is 894. The molecule has 2 aromatic heterocycles. The number of hydrogen-bond donors (Lipinski definition) is 1. The molecule has 104 valence electrons. The average Bonchev–Trinajstić information content (AvgIpc) is 3.34. The Morgan fingerprint density at radius 1 is 1.19 bits per heavy atom. The SMILES string of the molecule is O=c1[nH]c(-c2cncc3ccccc23)nc(C2CC2)c1I. The number of H-pyrrole nitrogens is 1. The molecule has 0 spiro atoms. The summed E-state index contributed by atoms with van der Waals surface area (Å²) in [5.41, 5.74) is 1.75. The van der Waals surface area contributed by atoms with E-state index in [1.54, 1.807) is 6.20 Å². The summed E-state index contributed by atoms with van der Waals surface area (Å²) in [5, 5.41) is 2.10. The van der Waals surface area contributed by atoms with Crippen LogP contribution in [0, 0.1) is 3.57 Å². The maximum Gasteiger partial charge on any atom is 0.264 e. The molecule has 1 saturated carbocycles. The van der Waals surface area contributed by atoms with E-state index in [0.29, 0.717) is 15.3 Å². The molecule has 1 aliphatic carbocycles. The largest absolute Gasteiger partial charge is 0.306 e. The Labute approximate surface area is 134 Å². The van der Waals surface area contributed by atoms with Gasteiger partial charge in [0.2, 0.25) is 0 Å². The molecule has 5 heteroatoms. The molecule has 0 saturated heterocycles. The molecule has 0 atom stereocenters. The molecular formula is C16H12IN3O.